The molecule has 1 aliphatic carbocycles. The van der Waals surface area contributed by atoms with E-state index in [1.807, 2.05) is 12.1 Å². The van der Waals surface area contributed by atoms with Gasteiger partial charge in [0.05, 0.1) is 9.39 Å². The zero-order valence-electron chi connectivity index (χ0n) is 9.62. The molecule has 1 aromatic heterocycles. The first-order valence-electron chi connectivity index (χ1n) is 5.82. The van der Waals surface area contributed by atoms with Crippen molar-refractivity contribution in [2.24, 2.45) is 0 Å². The minimum absolute atomic E-state index is 0.225. The second-order valence-electron chi connectivity index (χ2n) is 4.72. The Morgan fingerprint density at radius 3 is 2.89 bits per heavy atom. The highest BCUT2D eigenvalue weighted by Gasteiger charge is 2.37. The van der Waals surface area contributed by atoms with Gasteiger partial charge in [0.2, 0.25) is 0 Å². The van der Waals surface area contributed by atoms with Gasteiger partial charge in [-0.1, -0.05) is 6.07 Å². The van der Waals surface area contributed by atoms with Crippen LogP contribution in [0.1, 0.15) is 22.4 Å². The predicted molar refractivity (Wildman–Crippen MR) is 74.3 cm³/mol. The standard InChI is InChI=1S/C14H12BrFOS/c15-13-4-2-11(18-13)8-14(17)6-5-9-7-10(16)1-3-12(9)14/h1-4,7,17H,5-6,8H2. The van der Waals surface area contributed by atoms with Gasteiger partial charge in [-0.25, -0.2) is 4.39 Å². The summed E-state index contributed by atoms with van der Waals surface area (Å²) in [6, 6.07) is 8.70. The van der Waals surface area contributed by atoms with Crippen LogP contribution in [0, 0.1) is 5.82 Å². The monoisotopic (exact) mass is 326 g/mol. The second-order valence-corrected chi connectivity index (χ2v) is 7.26. The molecule has 0 fully saturated rings. The van der Waals surface area contributed by atoms with E-state index in [1.165, 1.54) is 12.1 Å². The molecular weight excluding hydrogens is 315 g/mol. The van der Waals surface area contributed by atoms with E-state index >= 15 is 0 Å². The number of fused-ring (bicyclic) bond motifs is 1. The second kappa shape index (κ2) is 4.44. The van der Waals surface area contributed by atoms with Gasteiger partial charge in [-0.05, 0) is 64.2 Å². The number of benzene rings is 1. The highest BCUT2D eigenvalue weighted by atomic mass is 79.9. The lowest BCUT2D eigenvalue weighted by molar-refractivity contribution is 0.0398. The molecule has 0 bridgehead atoms. The summed E-state index contributed by atoms with van der Waals surface area (Å²) in [6.07, 6.45) is 2.01. The van der Waals surface area contributed by atoms with Crippen molar-refractivity contribution in [3.8, 4) is 0 Å². The van der Waals surface area contributed by atoms with E-state index < -0.39 is 5.60 Å². The number of hydrogen-bond donors (Lipinski definition) is 1. The van der Waals surface area contributed by atoms with Crippen LogP contribution in [-0.4, -0.2) is 5.11 Å². The summed E-state index contributed by atoms with van der Waals surface area (Å²) in [7, 11) is 0. The number of hydrogen-bond acceptors (Lipinski definition) is 2. The fraction of sp³-hybridized carbons (Fsp3) is 0.286. The first kappa shape index (κ1) is 12.3. The van der Waals surface area contributed by atoms with Crippen molar-refractivity contribution in [2.45, 2.75) is 24.9 Å². The first-order valence-corrected chi connectivity index (χ1v) is 7.43. The van der Waals surface area contributed by atoms with Crippen LogP contribution in [0.25, 0.3) is 0 Å². The molecule has 1 atom stereocenters. The fourth-order valence-electron chi connectivity index (χ4n) is 2.62. The number of aliphatic hydroxyl groups is 1. The fourth-order valence-corrected chi connectivity index (χ4v) is 4.21. The highest BCUT2D eigenvalue weighted by molar-refractivity contribution is 9.11. The molecule has 1 N–H and O–H groups in total. The van der Waals surface area contributed by atoms with E-state index in [1.54, 1.807) is 17.4 Å². The van der Waals surface area contributed by atoms with Crippen LogP contribution < -0.4 is 0 Å². The minimum atomic E-state index is -0.840. The number of thiophene rings is 1. The first-order chi connectivity index (χ1) is 8.57. The summed E-state index contributed by atoms with van der Waals surface area (Å²) in [4.78, 5) is 1.14. The molecule has 94 valence electrons. The summed E-state index contributed by atoms with van der Waals surface area (Å²) in [5.74, 6) is -0.225. The lowest BCUT2D eigenvalue weighted by Gasteiger charge is -2.23. The molecule has 0 saturated heterocycles. The molecule has 0 aliphatic heterocycles. The van der Waals surface area contributed by atoms with E-state index in [0.29, 0.717) is 12.8 Å². The van der Waals surface area contributed by atoms with Gasteiger partial charge in [0.15, 0.2) is 0 Å². The van der Waals surface area contributed by atoms with Crippen LogP contribution in [0.4, 0.5) is 4.39 Å². The van der Waals surface area contributed by atoms with E-state index in [-0.39, 0.29) is 5.82 Å². The summed E-state index contributed by atoms with van der Waals surface area (Å²) in [6.45, 7) is 0. The molecule has 3 rings (SSSR count). The largest absolute Gasteiger partial charge is 0.385 e. The minimum Gasteiger partial charge on any atom is -0.385 e. The van der Waals surface area contributed by atoms with Gasteiger partial charge in [-0.15, -0.1) is 11.3 Å². The van der Waals surface area contributed by atoms with Crippen molar-refractivity contribution in [1.82, 2.24) is 0 Å². The van der Waals surface area contributed by atoms with Crippen molar-refractivity contribution in [3.63, 3.8) is 0 Å². The van der Waals surface area contributed by atoms with E-state index in [4.69, 9.17) is 0 Å². The normalized spacial score (nSPS) is 22.2. The van der Waals surface area contributed by atoms with Crippen LogP contribution in [0.5, 0.6) is 0 Å². The van der Waals surface area contributed by atoms with Gasteiger partial charge in [0.25, 0.3) is 0 Å². The third-order valence-electron chi connectivity index (χ3n) is 3.47. The Hall–Kier alpha value is -0.710. The smallest absolute Gasteiger partial charge is 0.123 e. The van der Waals surface area contributed by atoms with Crippen molar-refractivity contribution in [2.75, 3.05) is 0 Å². The molecule has 0 saturated carbocycles. The van der Waals surface area contributed by atoms with Crippen molar-refractivity contribution in [3.05, 3.63) is 55.9 Å². The summed E-state index contributed by atoms with van der Waals surface area (Å²) in [5, 5.41) is 10.8. The molecule has 4 heteroatoms. The molecule has 1 heterocycles. The van der Waals surface area contributed by atoms with Crippen molar-refractivity contribution < 1.29 is 9.50 Å². The Bertz CT molecular complexity index is 595. The molecule has 2 aromatic rings. The number of aryl methyl sites for hydroxylation is 1. The maximum atomic E-state index is 13.2. The van der Waals surface area contributed by atoms with Gasteiger partial charge in [0, 0.05) is 11.3 Å². The Labute approximate surface area is 117 Å². The molecule has 1 aliphatic rings. The Morgan fingerprint density at radius 2 is 2.17 bits per heavy atom. The van der Waals surface area contributed by atoms with Gasteiger partial charge in [-0.3, -0.25) is 0 Å². The summed E-state index contributed by atoms with van der Waals surface area (Å²) < 4.78 is 14.2. The van der Waals surface area contributed by atoms with Crippen LogP contribution in [0.15, 0.2) is 34.1 Å². The summed E-state index contributed by atoms with van der Waals surface area (Å²) >= 11 is 5.06. The summed E-state index contributed by atoms with van der Waals surface area (Å²) in [5.41, 5.74) is 0.981. The van der Waals surface area contributed by atoms with Crippen molar-refractivity contribution in [1.29, 1.82) is 0 Å². The molecule has 1 nitrogen and oxygen atoms in total. The molecule has 0 amide bonds. The average molecular weight is 327 g/mol. The van der Waals surface area contributed by atoms with E-state index in [9.17, 15) is 9.50 Å². The molecule has 18 heavy (non-hydrogen) atoms. The van der Waals surface area contributed by atoms with E-state index in [0.717, 1.165) is 26.2 Å². The Balaban J connectivity index is 1.94. The zero-order valence-corrected chi connectivity index (χ0v) is 12.0. The molecule has 0 radical (unpaired) electrons. The quantitative estimate of drug-likeness (QED) is 0.883. The van der Waals surface area contributed by atoms with Gasteiger partial charge < -0.3 is 5.11 Å². The number of rotatable bonds is 2. The third kappa shape index (κ3) is 2.13. The van der Waals surface area contributed by atoms with Gasteiger partial charge in [0.1, 0.15) is 5.82 Å². The molecule has 1 aromatic carbocycles. The lowest BCUT2D eigenvalue weighted by Crippen LogP contribution is -2.24. The molecule has 0 spiro atoms. The Morgan fingerprint density at radius 1 is 1.33 bits per heavy atom. The predicted octanol–water partition coefficient (Wildman–Crippen LogP) is 4.03. The number of halogens is 2. The van der Waals surface area contributed by atoms with E-state index in [2.05, 4.69) is 15.9 Å². The van der Waals surface area contributed by atoms with Crippen LogP contribution in [0.2, 0.25) is 0 Å². The average Bonchev–Trinajstić information content (AvgIpc) is 2.84. The van der Waals surface area contributed by atoms with Crippen LogP contribution in [-0.2, 0) is 18.4 Å². The Kier molecular flexibility index (Phi) is 3.04. The lowest BCUT2D eigenvalue weighted by atomic mass is 9.92. The van der Waals surface area contributed by atoms with Gasteiger partial charge >= 0.3 is 0 Å². The highest BCUT2D eigenvalue weighted by Crippen LogP contribution is 2.41. The van der Waals surface area contributed by atoms with Crippen LogP contribution in [0.3, 0.4) is 0 Å². The maximum absolute atomic E-state index is 13.2. The topological polar surface area (TPSA) is 20.2 Å². The zero-order chi connectivity index (χ0) is 12.8. The van der Waals surface area contributed by atoms with Crippen molar-refractivity contribution >= 4 is 27.3 Å². The SMILES string of the molecule is OC1(Cc2ccc(Br)s2)CCc2cc(F)ccc21. The van der Waals surface area contributed by atoms with Gasteiger partial charge in [-0.2, -0.15) is 0 Å². The maximum Gasteiger partial charge on any atom is 0.123 e. The molecule has 1 unspecified atom stereocenters. The third-order valence-corrected chi connectivity index (χ3v) is 5.10. The van der Waals surface area contributed by atoms with Crippen LogP contribution >= 0.6 is 27.3 Å². The molecular formula is C14H12BrFOS.